The molecule has 0 fully saturated rings. The number of ether oxygens (including phenoxy) is 1. The first-order valence-corrected chi connectivity index (χ1v) is 7.20. The molecular formula is C16H18FN3O4. The molecule has 2 aromatic rings. The standard InChI is InChI=1S/C16H18FN3O4/c1-10(15(21)18-9-12-4-3-7-24-12)19-16(22)20-13-6-5-11(17)8-14(13)23-2/h3-8,10H,9H2,1-2H3,(H,18,21)(H2,19,20,22)/t10-/m1/s1. The Balaban J connectivity index is 1.86. The number of halogens is 1. The van der Waals surface area contributed by atoms with Crippen molar-refractivity contribution in [3.05, 3.63) is 48.2 Å². The number of methoxy groups -OCH3 is 1. The summed E-state index contributed by atoms with van der Waals surface area (Å²) in [4.78, 5) is 23.9. The summed E-state index contributed by atoms with van der Waals surface area (Å²) < 4.78 is 23.2. The number of anilines is 1. The fourth-order valence-electron chi connectivity index (χ4n) is 1.93. The van der Waals surface area contributed by atoms with E-state index >= 15 is 0 Å². The van der Waals surface area contributed by atoms with Crippen molar-refractivity contribution in [3.8, 4) is 5.75 Å². The first-order chi connectivity index (χ1) is 11.5. The molecule has 8 heteroatoms. The van der Waals surface area contributed by atoms with Crippen molar-refractivity contribution < 1.29 is 23.1 Å². The van der Waals surface area contributed by atoms with E-state index in [1.165, 1.54) is 25.5 Å². The number of amides is 3. The van der Waals surface area contributed by atoms with Crippen LogP contribution in [-0.2, 0) is 11.3 Å². The quantitative estimate of drug-likeness (QED) is 0.755. The van der Waals surface area contributed by atoms with Crippen LogP contribution in [-0.4, -0.2) is 25.1 Å². The molecule has 0 spiro atoms. The molecule has 0 saturated carbocycles. The minimum Gasteiger partial charge on any atom is -0.494 e. The van der Waals surface area contributed by atoms with E-state index in [0.29, 0.717) is 11.4 Å². The van der Waals surface area contributed by atoms with Crippen molar-refractivity contribution in [2.75, 3.05) is 12.4 Å². The summed E-state index contributed by atoms with van der Waals surface area (Å²) in [6, 6.07) is 5.77. The van der Waals surface area contributed by atoms with E-state index in [2.05, 4.69) is 16.0 Å². The first kappa shape index (κ1) is 17.3. The minimum absolute atomic E-state index is 0.181. The molecule has 3 N–H and O–H groups in total. The lowest BCUT2D eigenvalue weighted by atomic mass is 10.3. The summed E-state index contributed by atoms with van der Waals surface area (Å²) in [6.45, 7) is 1.77. The molecule has 1 atom stereocenters. The van der Waals surface area contributed by atoms with E-state index in [1.807, 2.05) is 0 Å². The third kappa shape index (κ3) is 4.73. The molecule has 0 unspecified atom stereocenters. The Hall–Kier alpha value is -3.03. The predicted octanol–water partition coefficient (Wildman–Crippen LogP) is 2.25. The molecule has 1 aromatic carbocycles. The summed E-state index contributed by atoms with van der Waals surface area (Å²) in [7, 11) is 1.36. The number of hydrogen-bond acceptors (Lipinski definition) is 4. The van der Waals surface area contributed by atoms with E-state index in [1.54, 1.807) is 19.1 Å². The predicted molar refractivity (Wildman–Crippen MR) is 85.1 cm³/mol. The van der Waals surface area contributed by atoms with Crippen LogP contribution in [0.2, 0.25) is 0 Å². The van der Waals surface area contributed by atoms with Gasteiger partial charge in [0.15, 0.2) is 0 Å². The largest absolute Gasteiger partial charge is 0.494 e. The monoisotopic (exact) mass is 335 g/mol. The van der Waals surface area contributed by atoms with Gasteiger partial charge in [-0.05, 0) is 31.2 Å². The van der Waals surface area contributed by atoms with Crippen LogP contribution in [0.3, 0.4) is 0 Å². The second-order valence-electron chi connectivity index (χ2n) is 4.96. The number of hydrogen-bond donors (Lipinski definition) is 3. The Labute approximate surface area is 138 Å². The maximum Gasteiger partial charge on any atom is 0.319 e. The lowest BCUT2D eigenvalue weighted by Gasteiger charge is -2.15. The van der Waals surface area contributed by atoms with Crippen molar-refractivity contribution in [1.82, 2.24) is 10.6 Å². The Morgan fingerprint density at radius 2 is 2.12 bits per heavy atom. The molecule has 0 radical (unpaired) electrons. The van der Waals surface area contributed by atoms with Gasteiger partial charge >= 0.3 is 6.03 Å². The fourth-order valence-corrected chi connectivity index (χ4v) is 1.93. The average Bonchev–Trinajstić information content (AvgIpc) is 3.07. The maximum atomic E-state index is 13.1. The van der Waals surface area contributed by atoms with Gasteiger partial charge in [0.05, 0.1) is 25.6 Å². The molecule has 0 saturated heterocycles. The van der Waals surface area contributed by atoms with Gasteiger partial charge in [-0.2, -0.15) is 0 Å². The first-order valence-electron chi connectivity index (χ1n) is 7.20. The molecule has 1 aromatic heterocycles. The molecule has 24 heavy (non-hydrogen) atoms. The minimum atomic E-state index is -0.772. The molecule has 0 aliphatic carbocycles. The highest BCUT2D eigenvalue weighted by atomic mass is 19.1. The number of benzene rings is 1. The van der Waals surface area contributed by atoms with Gasteiger partial charge in [-0.25, -0.2) is 9.18 Å². The highest BCUT2D eigenvalue weighted by Gasteiger charge is 2.16. The number of carbonyl (C=O) groups is 2. The zero-order chi connectivity index (χ0) is 17.5. The molecule has 0 bridgehead atoms. The van der Waals surface area contributed by atoms with Crippen LogP contribution in [0.1, 0.15) is 12.7 Å². The summed E-state index contributed by atoms with van der Waals surface area (Å²) >= 11 is 0. The normalized spacial score (nSPS) is 11.5. The third-order valence-electron chi connectivity index (χ3n) is 3.17. The van der Waals surface area contributed by atoms with E-state index in [9.17, 15) is 14.0 Å². The zero-order valence-corrected chi connectivity index (χ0v) is 13.3. The molecule has 3 amide bonds. The van der Waals surface area contributed by atoms with Gasteiger partial charge in [0.2, 0.25) is 5.91 Å². The van der Waals surface area contributed by atoms with Crippen molar-refractivity contribution >= 4 is 17.6 Å². The van der Waals surface area contributed by atoms with Crippen molar-refractivity contribution in [2.45, 2.75) is 19.5 Å². The molecule has 0 aliphatic rings. The summed E-state index contributed by atoms with van der Waals surface area (Å²) in [5, 5.41) is 7.62. The maximum absolute atomic E-state index is 13.1. The Morgan fingerprint density at radius 3 is 2.79 bits per heavy atom. The van der Waals surface area contributed by atoms with Crippen LogP contribution in [0.15, 0.2) is 41.0 Å². The van der Waals surface area contributed by atoms with E-state index < -0.39 is 17.9 Å². The van der Waals surface area contributed by atoms with Crippen LogP contribution in [0.25, 0.3) is 0 Å². The van der Waals surface area contributed by atoms with E-state index in [4.69, 9.17) is 9.15 Å². The summed E-state index contributed by atoms with van der Waals surface area (Å²) in [5.74, 6) is -0.0628. The van der Waals surface area contributed by atoms with Crippen LogP contribution in [0, 0.1) is 5.82 Å². The van der Waals surface area contributed by atoms with Crippen molar-refractivity contribution in [3.63, 3.8) is 0 Å². The van der Waals surface area contributed by atoms with Gasteiger partial charge in [-0.15, -0.1) is 0 Å². The van der Waals surface area contributed by atoms with Crippen LogP contribution >= 0.6 is 0 Å². The molecule has 7 nitrogen and oxygen atoms in total. The Morgan fingerprint density at radius 1 is 1.33 bits per heavy atom. The number of nitrogens with one attached hydrogen (secondary N) is 3. The number of furan rings is 1. The molecule has 1 heterocycles. The second-order valence-corrected chi connectivity index (χ2v) is 4.96. The van der Waals surface area contributed by atoms with Crippen LogP contribution in [0.5, 0.6) is 5.75 Å². The molecule has 128 valence electrons. The van der Waals surface area contributed by atoms with Gasteiger partial charge in [0.1, 0.15) is 23.4 Å². The van der Waals surface area contributed by atoms with Crippen molar-refractivity contribution in [2.24, 2.45) is 0 Å². The fraction of sp³-hybridized carbons (Fsp3) is 0.250. The highest BCUT2D eigenvalue weighted by molar-refractivity contribution is 5.94. The van der Waals surface area contributed by atoms with Gasteiger partial charge < -0.3 is 25.1 Å². The van der Waals surface area contributed by atoms with Crippen LogP contribution < -0.4 is 20.7 Å². The van der Waals surface area contributed by atoms with Gasteiger partial charge in [0.25, 0.3) is 0 Å². The lowest BCUT2D eigenvalue weighted by molar-refractivity contribution is -0.122. The zero-order valence-electron chi connectivity index (χ0n) is 13.3. The van der Waals surface area contributed by atoms with Gasteiger partial charge in [-0.1, -0.05) is 0 Å². The molecule has 0 aliphatic heterocycles. The third-order valence-corrected chi connectivity index (χ3v) is 3.17. The smallest absolute Gasteiger partial charge is 0.319 e. The van der Waals surface area contributed by atoms with Crippen LogP contribution in [0.4, 0.5) is 14.9 Å². The molecule has 2 rings (SSSR count). The number of carbonyl (C=O) groups excluding carboxylic acids is 2. The van der Waals surface area contributed by atoms with E-state index in [-0.39, 0.29) is 18.2 Å². The van der Waals surface area contributed by atoms with E-state index in [0.717, 1.165) is 6.07 Å². The SMILES string of the molecule is COc1cc(F)ccc1NC(=O)N[C@H](C)C(=O)NCc1ccco1. The average molecular weight is 335 g/mol. The number of urea groups is 1. The molecular weight excluding hydrogens is 317 g/mol. The van der Waals surface area contributed by atoms with Gasteiger partial charge in [-0.3, -0.25) is 4.79 Å². The summed E-state index contributed by atoms with van der Waals surface area (Å²) in [5.41, 5.74) is 0.291. The van der Waals surface area contributed by atoms with Crippen molar-refractivity contribution in [1.29, 1.82) is 0 Å². The number of rotatable bonds is 6. The second kappa shape index (κ2) is 8.00. The Kier molecular flexibility index (Phi) is 5.78. The summed E-state index contributed by atoms with van der Waals surface area (Å²) in [6.07, 6.45) is 1.51. The van der Waals surface area contributed by atoms with Gasteiger partial charge in [0, 0.05) is 6.07 Å². The Bertz CT molecular complexity index is 703. The highest BCUT2D eigenvalue weighted by Crippen LogP contribution is 2.24. The lowest BCUT2D eigenvalue weighted by Crippen LogP contribution is -2.46. The topological polar surface area (TPSA) is 92.6 Å².